The fraction of sp³-hybridized carbons (Fsp3) is 0.167. The molecule has 0 fully saturated rings. The highest BCUT2D eigenvalue weighted by Gasteiger charge is 2.00. The van der Waals surface area contributed by atoms with Gasteiger partial charge in [-0.05, 0) is 24.1 Å². The fourth-order valence-electron chi connectivity index (χ4n) is 1.27. The first kappa shape index (κ1) is 10.4. The quantitative estimate of drug-likeness (QED) is 0.535. The van der Waals surface area contributed by atoms with Crippen LogP contribution in [0.2, 0.25) is 0 Å². The number of hydrogen-bond acceptors (Lipinski definition) is 2. The van der Waals surface area contributed by atoms with Crippen LogP contribution in [-0.4, -0.2) is 12.1 Å². The highest BCUT2D eigenvalue weighted by atomic mass is 16.1. The molecule has 0 amide bonds. The molecular weight excluding hydrogens is 176 g/mol. The van der Waals surface area contributed by atoms with Gasteiger partial charge in [0, 0.05) is 6.42 Å². The van der Waals surface area contributed by atoms with Crippen LogP contribution in [-0.2, 0) is 16.0 Å². The highest BCUT2D eigenvalue weighted by molar-refractivity contribution is 5.81. The Bertz CT molecular complexity index is 364. The molecule has 0 aliphatic carbocycles. The summed E-state index contributed by atoms with van der Waals surface area (Å²) in [6.45, 7) is 1.56. The number of ketones is 1. The van der Waals surface area contributed by atoms with Crippen LogP contribution in [0.4, 0.5) is 0 Å². The van der Waals surface area contributed by atoms with E-state index >= 15 is 0 Å². The second-order valence-corrected chi connectivity index (χ2v) is 3.07. The number of carbonyl (C=O) groups is 2. The van der Waals surface area contributed by atoms with Crippen molar-refractivity contribution < 1.29 is 9.59 Å². The second-order valence-electron chi connectivity index (χ2n) is 3.07. The summed E-state index contributed by atoms with van der Waals surface area (Å²) in [4.78, 5) is 21.1. The largest absolute Gasteiger partial charge is 0.300 e. The molecule has 14 heavy (non-hydrogen) atoms. The first-order chi connectivity index (χ1) is 6.74. The number of carbonyl (C=O) groups excluding carboxylic acids is 2. The van der Waals surface area contributed by atoms with Gasteiger partial charge in [0.1, 0.15) is 12.1 Å². The summed E-state index contributed by atoms with van der Waals surface area (Å²) in [5.41, 5.74) is 1.88. The van der Waals surface area contributed by atoms with Crippen LogP contribution in [0.3, 0.4) is 0 Å². The molecule has 0 bridgehead atoms. The third-order valence-electron chi connectivity index (χ3n) is 1.85. The molecule has 1 aromatic carbocycles. The van der Waals surface area contributed by atoms with E-state index in [1.54, 1.807) is 13.0 Å². The predicted octanol–water partition coefficient (Wildman–Crippen LogP) is 2.03. The zero-order valence-corrected chi connectivity index (χ0v) is 8.07. The minimum absolute atomic E-state index is 0.122. The van der Waals surface area contributed by atoms with E-state index < -0.39 is 0 Å². The standard InChI is InChI=1S/C12H12O2/c1-10(14)9-12-6-3-2-5-11(12)7-4-8-13/h2-8H,9H2,1H3. The van der Waals surface area contributed by atoms with Crippen molar-refractivity contribution >= 4 is 18.1 Å². The van der Waals surface area contributed by atoms with Gasteiger partial charge in [0.05, 0.1) is 0 Å². The van der Waals surface area contributed by atoms with E-state index in [0.717, 1.165) is 17.4 Å². The lowest BCUT2D eigenvalue weighted by Gasteiger charge is -2.02. The van der Waals surface area contributed by atoms with Crippen LogP contribution in [0, 0.1) is 0 Å². The van der Waals surface area contributed by atoms with E-state index in [1.807, 2.05) is 24.3 Å². The van der Waals surface area contributed by atoms with Gasteiger partial charge in [-0.3, -0.25) is 9.59 Å². The van der Waals surface area contributed by atoms with Crippen molar-refractivity contribution in [3.05, 3.63) is 41.5 Å². The summed E-state index contributed by atoms with van der Waals surface area (Å²) >= 11 is 0. The lowest BCUT2D eigenvalue weighted by atomic mass is 10.0. The van der Waals surface area contributed by atoms with Crippen molar-refractivity contribution in [2.75, 3.05) is 0 Å². The van der Waals surface area contributed by atoms with Gasteiger partial charge < -0.3 is 0 Å². The number of hydrogen-bond donors (Lipinski definition) is 0. The van der Waals surface area contributed by atoms with Crippen molar-refractivity contribution in [1.29, 1.82) is 0 Å². The van der Waals surface area contributed by atoms with E-state index in [-0.39, 0.29) is 5.78 Å². The molecule has 1 rings (SSSR count). The zero-order valence-electron chi connectivity index (χ0n) is 8.07. The predicted molar refractivity (Wildman–Crippen MR) is 55.9 cm³/mol. The number of Topliss-reactive ketones (excluding diaryl/α,β-unsaturated/α-hetero) is 1. The Balaban J connectivity index is 2.96. The average molecular weight is 188 g/mol. The minimum Gasteiger partial charge on any atom is -0.300 e. The van der Waals surface area contributed by atoms with Gasteiger partial charge in [-0.1, -0.05) is 30.3 Å². The molecule has 2 nitrogen and oxygen atoms in total. The molecule has 0 aliphatic heterocycles. The Kier molecular flexibility index (Phi) is 3.80. The molecule has 0 spiro atoms. The van der Waals surface area contributed by atoms with Gasteiger partial charge in [0.25, 0.3) is 0 Å². The van der Waals surface area contributed by atoms with Crippen LogP contribution < -0.4 is 0 Å². The molecule has 0 unspecified atom stereocenters. The molecule has 0 aromatic heterocycles. The normalized spacial score (nSPS) is 10.4. The van der Waals surface area contributed by atoms with Gasteiger partial charge in [0.2, 0.25) is 0 Å². The Hall–Kier alpha value is -1.70. The average Bonchev–Trinajstić information content (AvgIpc) is 2.16. The number of benzene rings is 1. The Morgan fingerprint density at radius 1 is 1.36 bits per heavy atom. The third kappa shape index (κ3) is 2.98. The van der Waals surface area contributed by atoms with Crippen LogP contribution in [0.25, 0.3) is 6.08 Å². The van der Waals surface area contributed by atoms with Gasteiger partial charge in [-0.2, -0.15) is 0 Å². The van der Waals surface area contributed by atoms with Crippen LogP contribution in [0.15, 0.2) is 30.3 Å². The number of aldehydes is 1. The lowest BCUT2D eigenvalue weighted by molar-refractivity contribution is -0.116. The van der Waals surface area contributed by atoms with Crippen LogP contribution in [0.1, 0.15) is 18.1 Å². The molecule has 2 heteroatoms. The fourth-order valence-corrected chi connectivity index (χ4v) is 1.27. The molecule has 0 heterocycles. The van der Waals surface area contributed by atoms with E-state index in [9.17, 15) is 9.59 Å². The molecule has 0 aliphatic rings. The van der Waals surface area contributed by atoms with Crippen LogP contribution in [0.5, 0.6) is 0 Å². The van der Waals surface area contributed by atoms with Crippen molar-refractivity contribution in [1.82, 2.24) is 0 Å². The molecule has 0 saturated carbocycles. The smallest absolute Gasteiger partial charge is 0.142 e. The Labute approximate surface area is 83.3 Å². The molecular formula is C12H12O2. The molecule has 0 atom stereocenters. The van der Waals surface area contributed by atoms with Crippen molar-refractivity contribution in [2.45, 2.75) is 13.3 Å². The lowest BCUT2D eigenvalue weighted by Crippen LogP contribution is -1.98. The Morgan fingerprint density at radius 3 is 2.71 bits per heavy atom. The summed E-state index contributed by atoms with van der Waals surface area (Å²) in [5.74, 6) is 0.122. The molecule has 72 valence electrons. The van der Waals surface area contributed by atoms with E-state index in [4.69, 9.17) is 0 Å². The first-order valence-corrected chi connectivity index (χ1v) is 4.43. The first-order valence-electron chi connectivity index (χ1n) is 4.43. The van der Waals surface area contributed by atoms with Gasteiger partial charge >= 0.3 is 0 Å². The summed E-state index contributed by atoms with van der Waals surface area (Å²) in [6.07, 6.45) is 4.29. The number of rotatable bonds is 4. The topological polar surface area (TPSA) is 34.1 Å². The summed E-state index contributed by atoms with van der Waals surface area (Å²) < 4.78 is 0. The summed E-state index contributed by atoms with van der Waals surface area (Å²) in [7, 11) is 0. The highest BCUT2D eigenvalue weighted by Crippen LogP contribution is 2.11. The monoisotopic (exact) mass is 188 g/mol. The molecule has 0 saturated heterocycles. The van der Waals surface area contributed by atoms with Crippen LogP contribution >= 0.6 is 0 Å². The second kappa shape index (κ2) is 5.12. The minimum atomic E-state index is 0.122. The maximum absolute atomic E-state index is 10.9. The van der Waals surface area contributed by atoms with Crippen molar-refractivity contribution in [3.63, 3.8) is 0 Å². The van der Waals surface area contributed by atoms with Crippen molar-refractivity contribution in [2.24, 2.45) is 0 Å². The SMILES string of the molecule is CC(=O)Cc1ccccc1C=CC=O. The van der Waals surface area contributed by atoms with Crippen molar-refractivity contribution in [3.8, 4) is 0 Å². The van der Waals surface area contributed by atoms with Gasteiger partial charge in [-0.25, -0.2) is 0 Å². The molecule has 0 radical (unpaired) electrons. The maximum atomic E-state index is 10.9. The van der Waals surface area contributed by atoms with E-state index in [0.29, 0.717) is 6.42 Å². The zero-order chi connectivity index (χ0) is 10.4. The summed E-state index contributed by atoms with van der Waals surface area (Å²) in [5, 5.41) is 0. The molecule has 1 aromatic rings. The van der Waals surface area contributed by atoms with E-state index in [2.05, 4.69) is 0 Å². The van der Waals surface area contributed by atoms with E-state index in [1.165, 1.54) is 6.08 Å². The molecule has 0 N–H and O–H groups in total. The Morgan fingerprint density at radius 2 is 2.07 bits per heavy atom. The number of allylic oxidation sites excluding steroid dienone is 1. The van der Waals surface area contributed by atoms with Gasteiger partial charge in [-0.15, -0.1) is 0 Å². The maximum Gasteiger partial charge on any atom is 0.142 e. The third-order valence-corrected chi connectivity index (χ3v) is 1.85. The van der Waals surface area contributed by atoms with Gasteiger partial charge in [0.15, 0.2) is 0 Å². The summed E-state index contributed by atoms with van der Waals surface area (Å²) in [6, 6.07) is 7.55.